The van der Waals surface area contributed by atoms with Crippen LogP contribution < -0.4 is 0 Å². The summed E-state index contributed by atoms with van der Waals surface area (Å²) in [5.74, 6) is 0. The van der Waals surface area contributed by atoms with Crippen LogP contribution >= 0.6 is 0 Å². The minimum atomic E-state index is 0.715. The van der Waals surface area contributed by atoms with Gasteiger partial charge >= 0.3 is 0 Å². The normalized spacial score (nSPS) is 19.6. The van der Waals surface area contributed by atoms with Crippen LogP contribution in [0.3, 0.4) is 0 Å². The number of piperidine rings is 1. The summed E-state index contributed by atoms with van der Waals surface area (Å²) in [5, 5.41) is 0. The third kappa shape index (κ3) is 4.26. The van der Waals surface area contributed by atoms with Gasteiger partial charge in [-0.25, -0.2) is 0 Å². The van der Waals surface area contributed by atoms with Crippen LogP contribution in [0, 0.1) is 0 Å². The monoisotopic (exact) mass is 224 g/mol. The summed E-state index contributed by atoms with van der Waals surface area (Å²) in [4.78, 5) is 5.13. The molecule has 16 heavy (non-hydrogen) atoms. The number of nitrogens with zero attached hydrogens (tertiary/aromatic N) is 2. The molecule has 1 aliphatic heterocycles. The van der Waals surface area contributed by atoms with Gasteiger partial charge in [0.15, 0.2) is 0 Å². The first-order valence-electron chi connectivity index (χ1n) is 6.70. The van der Waals surface area contributed by atoms with E-state index in [4.69, 9.17) is 0 Å². The zero-order valence-corrected chi connectivity index (χ0v) is 11.3. The smallest absolute Gasteiger partial charge is 0.0117 e. The lowest BCUT2D eigenvalue weighted by atomic mass is 10.0. The third-order valence-electron chi connectivity index (χ3n) is 3.77. The molecule has 1 saturated heterocycles. The van der Waals surface area contributed by atoms with E-state index < -0.39 is 0 Å². The summed E-state index contributed by atoms with van der Waals surface area (Å²) >= 11 is 0. The maximum absolute atomic E-state index is 3.77. The van der Waals surface area contributed by atoms with Crippen molar-refractivity contribution in [2.24, 2.45) is 0 Å². The van der Waals surface area contributed by atoms with E-state index in [-0.39, 0.29) is 0 Å². The van der Waals surface area contributed by atoms with E-state index in [2.05, 4.69) is 37.3 Å². The average Bonchev–Trinajstić information content (AvgIpc) is 2.29. The number of allylic oxidation sites excluding steroid dienone is 1. The topological polar surface area (TPSA) is 6.48 Å². The number of rotatable bonds is 6. The van der Waals surface area contributed by atoms with E-state index in [1.807, 2.05) is 6.08 Å². The van der Waals surface area contributed by atoms with Crippen LogP contribution in [0.1, 0.15) is 39.5 Å². The Morgan fingerprint density at radius 3 is 2.50 bits per heavy atom. The Hall–Kier alpha value is -0.340. The van der Waals surface area contributed by atoms with Crippen molar-refractivity contribution >= 4 is 0 Å². The molecule has 0 spiro atoms. The van der Waals surface area contributed by atoms with Gasteiger partial charge in [0.2, 0.25) is 0 Å². The first kappa shape index (κ1) is 13.7. The second kappa shape index (κ2) is 7.08. The lowest BCUT2D eigenvalue weighted by Crippen LogP contribution is -2.45. The summed E-state index contributed by atoms with van der Waals surface area (Å²) in [6, 6.07) is 1.52. The Labute approximate surface area is 101 Å². The van der Waals surface area contributed by atoms with Crippen LogP contribution in [-0.4, -0.2) is 48.6 Å². The third-order valence-corrected chi connectivity index (χ3v) is 3.77. The molecule has 0 radical (unpaired) electrons. The summed E-state index contributed by atoms with van der Waals surface area (Å²) in [7, 11) is 2.28. The minimum absolute atomic E-state index is 0.715. The fourth-order valence-corrected chi connectivity index (χ4v) is 2.51. The highest BCUT2D eigenvalue weighted by Gasteiger charge is 2.22. The van der Waals surface area contributed by atoms with Crippen molar-refractivity contribution in [2.45, 2.75) is 51.6 Å². The van der Waals surface area contributed by atoms with Crippen LogP contribution in [0.4, 0.5) is 0 Å². The minimum Gasteiger partial charge on any atom is -0.303 e. The van der Waals surface area contributed by atoms with E-state index in [1.165, 1.54) is 38.9 Å². The SMILES string of the molecule is C=CCCCN(C)C1CCN(C(C)C)CC1. The van der Waals surface area contributed by atoms with Gasteiger partial charge in [-0.2, -0.15) is 0 Å². The highest BCUT2D eigenvalue weighted by atomic mass is 15.2. The molecular weight excluding hydrogens is 196 g/mol. The molecule has 0 aromatic carbocycles. The van der Waals surface area contributed by atoms with Crippen molar-refractivity contribution in [1.82, 2.24) is 9.80 Å². The highest BCUT2D eigenvalue weighted by Crippen LogP contribution is 2.17. The van der Waals surface area contributed by atoms with Crippen molar-refractivity contribution in [3.63, 3.8) is 0 Å². The molecule has 0 amide bonds. The highest BCUT2D eigenvalue weighted by molar-refractivity contribution is 4.80. The summed E-state index contributed by atoms with van der Waals surface area (Å²) in [6.07, 6.45) is 7.10. The Morgan fingerprint density at radius 2 is 2.00 bits per heavy atom. The quantitative estimate of drug-likeness (QED) is 0.505. The van der Waals surface area contributed by atoms with E-state index in [0.29, 0.717) is 6.04 Å². The Balaban J connectivity index is 2.22. The molecule has 0 atom stereocenters. The van der Waals surface area contributed by atoms with Crippen molar-refractivity contribution in [2.75, 3.05) is 26.7 Å². The molecule has 0 bridgehead atoms. The van der Waals surface area contributed by atoms with Gasteiger partial charge in [-0.1, -0.05) is 6.08 Å². The molecule has 1 aliphatic rings. The maximum atomic E-state index is 3.77. The Morgan fingerprint density at radius 1 is 1.38 bits per heavy atom. The van der Waals surface area contributed by atoms with Gasteiger partial charge in [-0.3, -0.25) is 0 Å². The molecule has 0 unspecified atom stereocenters. The van der Waals surface area contributed by atoms with Gasteiger partial charge in [0.1, 0.15) is 0 Å². The zero-order chi connectivity index (χ0) is 12.0. The van der Waals surface area contributed by atoms with Gasteiger partial charge < -0.3 is 9.80 Å². The van der Waals surface area contributed by atoms with Gasteiger partial charge in [0, 0.05) is 12.1 Å². The van der Waals surface area contributed by atoms with E-state index in [1.54, 1.807) is 0 Å². The van der Waals surface area contributed by atoms with E-state index in [0.717, 1.165) is 12.5 Å². The molecule has 0 saturated carbocycles. The van der Waals surface area contributed by atoms with Gasteiger partial charge in [-0.15, -0.1) is 6.58 Å². The molecule has 0 aliphatic carbocycles. The van der Waals surface area contributed by atoms with Crippen molar-refractivity contribution < 1.29 is 0 Å². The summed E-state index contributed by atoms with van der Waals surface area (Å²) in [5.41, 5.74) is 0. The molecule has 2 heteroatoms. The molecule has 94 valence electrons. The Bertz CT molecular complexity index is 193. The molecule has 0 N–H and O–H groups in total. The van der Waals surface area contributed by atoms with Crippen molar-refractivity contribution in [3.8, 4) is 0 Å². The van der Waals surface area contributed by atoms with Gasteiger partial charge in [0.05, 0.1) is 0 Å². The first-order valence-corrected chi connectivity index (χ1v) is 6.70. The first-order chi connectivity index (χ1) is 7.65. The largest absolute Gasteiger partial charge is 0.303 e. The van der Waals surface area contributed by atoms with Crippen molar-refractivity contribution in [1.29, 1.82) is 0 Å². The predicted molar refractivity (Wildman–Crippen MR) is 71.8 cm³/mol. The van der Waals surface area contributed by atoms with Crippen molar-refractivity contribution in [3.05, 3.63) is 12.7 Å². The number of hydrogen-bond acceptors (Lipinski definition) is 2. The molecule has 1 fully saturated rings. The molecule has 0 aromatic heterocycles. The maximum Gasteiger partial charge on any atom is 0.0117 e. The molecule has 2 nitrogen and oxygen atoms in total. The average molecular weight is 224 g/mol. The molecule has 1 rings (SSSR count). The standard InChI is InChI=1S/C14H28N2/c1-5-6-7-10-15(4)14-8-11-16(12-9-14)13(2)3/h5,13-14H,1,6-12H2,2-4H3. The predicted octanol–water partition coefficient (Wildman–Crippen LogP) is 2.76. The fraction of sp³-hybridized carbons (Fsp3) is 0.857. The molecular formula is C14H28N2. The summed E-state index contributed by atoms with van der Waals surface area (Å²) in [6.45, 7) is 12.1. The van der Waals surface area contributed by atoms with Crippen LogP contribution in [0.5, 0.6) is 0 Å². The van der Waals surface area contributed by atoms with Crippen LogP contribution in [0.15, 0.2) is 12.7 Å². The number of likely N-dealkylation sites (tertiary alicyclic amines) is 1. The number of hydrogen-bond donors (Lipinski definition) is 0. The lowest BCUT2D eigenvalue weighted by molar-refractivity contribution is 0.107. The van der Waals surface area contributed by atoms with Gasteiger partial charge in [-0.05, 0) is 66.2 Å². The molecule has 0 aromatic rings. The van der Waals surface area contributed by atoms with Gasteiger partial charge in [0.25, 0.3) is 0 Å². The number of unbranched alkanes of at least 4 members (excludes halogenated alkanes) is 1. The van der Waals surface area contributed by atoms with Crippen LogP contribution in [-0.2, 0) is 0 Å². The summed E-state index contributed by atoms with van der Waals surface area (Å²) < 4.78 is 0. The zero-order valence-electron chi connectivity index (χ0n) is 11.3. The molecule has 1 heterocycles. The Kier molecular flexibility index (Phi) is 6.07. The van der Waals surface area contributed by atoms with E-state index >= 15 is 0 Å². The lowest BCUT2D eigenvalue weighted by Gasteiger charge is -2.38. The fourth-order valence-electron chi connectivity index (χ4n) is 2.51. The second-order valence-corrected chi connectivity index (χ2v) is 5.27. The second-order valence-electron chi connectivity index (χ2n) is 5.27. The van der Waals surface area contributed by atoms with E-state index in [9.17, 15) is 0 Å². The van der Waals surface area contributed by atoms with Crippen LogP contribution in [0.25, 0.3) is 0 Å². The van der Waals surface area contributed by atoms with Crippen LogP contribution in [0.2, 0.25) is 0 Å².